The summed E-state index contributed by atoms with van der Waals surface area (Å²) in [5.41, 5.74) is -0.0440. The van der Waals surface area contributed by atoms with Gasteiger partial charge in [0.05, 0.1) is 19.9 Å². The van der Waals surface area contributed by atoms with E-state index in [-0.39, 0.29) is 18.8 Å². The maximum Gasteiger partial charge on any atom is 0.356 e. The molecule has 0 fully saturated rings. The highest BCUT2D eigenvalue weighted by molar-refractivity contribution is 6.30. The molecule has 0 N–H and O–H groups in total. The number of benzene rings is 1. The lowest BCUT2D eigenvalue weighted by Crippen LogP contribution is -2.17. The standard InChI is InChI=1S/C14H13ClF2N2O3/c1-21-14(20)11-8-18-13(12(16)17)19(11)6-7-22-10-4-2-9(15)3-5-10/h2-5,8,12H,6-7H2,1H3. The summed E-state index contributed by atoms with van der Waals surface area (Å²) in [6.45, 7) is 0.119. The molecule has 0 aliphatic heterocycles. The molecule has 0 aliphatic carbocycles. The molecule has 0 aliphatic rings. The Morgan fingerprint density at radius 2 is 2.05 bits per heavy atom. The molecule has 1 aromatic heterocycles. The summed E-state index contributed by atoms with van der Waals surface area (Å²) in [6.07, 6.45) is -1.73. The van der Waals surface area contributed by atoms with Gasteiger partial charge in [0.2, 0.25) is 0 Å². The molecule has 0 saturated carbocycles. The van der Waals surface area contributed by atoms with Gasteiger partial charge in [-0.15, -0.1) is 0 Å². The van der Waals surface area contributed by atoms with E-state index in [4.69, 9.17) is 16.3 Å². The summed E-state index contributed by atoms with van der Waals surface area (Å²) >= 11 is 5.75. The molecule has 0 spiro atoms. The molecule has 0 unspecified atom stereocenters. The molecular weight excluding hydrogens is 318 g/mol. The molecular formula is C14H13ClF2N2O3. The third kappa shape index (κ3) is 3.73. The molecule has 2 aromatic rings. The average molecular weight is 331 g/mol. The molecule has 5 nitrogen and oxygen atoms in total. The van der Waals surface area contributed by atoms with Crippen LogP contribution in [0.15, 0.2) is 30.5 Å². The molecule has 0 atom stereocenters. The van der Waals surface area contributed by atoms with Gasteiger partial charge in [-0.05, 0) is 24.3 Å². The van der Waals surface area contributed by atoms with Crippen molar-refractivity contribution in [2.45, 2.75) is 13.0 Å². The number of hydrogen-bond donors (Lipinski definition) is 0. The van der Waals surface area contributed by atoms with E-state index in [2.05, 4.69) is 9.72 Å². The van der Waals surface area contributed by atoms with Gasteiger partial charge in [-0.25, -0.2) is 18.6 Å². The largest absolute Gasteiger partial charge is 0.492 e. The second kappa shape index (κ2) is 7.22. The van der Waals surface area contributed by atoms with E-state index >= 15 is 0 Å². The first-order valence-corrected chi connectivity index (χ1v) is 6.71. The van der Waals surface area contributed by atoms with Crippen LogP contribution in [0.4, 0.5) is 8.78 Å². The van der Waals surface area contributed by atoms with Gasteiger partial charge in [-0.2, -0.15) is 0 Å². The Balaban J connectivity index is 2.09. The molecule has 1 aromatic carbocycles. The van der Waals surface area contributed by atoms with Crippen LogP contribution in [0.2, 0.25) is 5.02 Å². The van der Waals surface area contributed by atoms with E-state index in [1.54, 1.807) is 24.3 Å². The molecule has 118 valence electrons. The number of hydrogen-bond acceptors (Lipinski definition) is 4. The number of rotatable bonds is 6. The smallest absolute Gasteiger partial charge is 0.356 e. The lowest BCUT2D eigenvalue weighted by molar-refractivity contribution is 0.0584. The lowest BCUT2D eigenvalue weighted by Gasteiger charge is -2.11. The Morgan fingerprint density at radius 3 is 2.64 bits per heavy atom. The number of esters is 1. The molecule has 0 saturated heterocycles. The molecule has 22 heavy (non-hydrogen) atoms. The van der Waals surface area contributed by atoms with Crippen LogP contribution in [0.3, 0.4) is 0 Å². The van der Waals surface area contributed by atoms with E-state index in [0.29, 0.717) is 10.8 Å². The minimum Gasteiger partial charge on any atom is -0.492 e. The van der Waals surface area contributed by atoms with Gasteiger partial charge >= 0.3 is 5.97 Å². The predicted octanol–water partition coefficient (Wildman–Crippen LogP) is 3.34. The van der Waals surface area contributed by atoms with Crippen LogP contribution < -0.4 is 4.74 Å². The normalized spacial score (nSPS) is 10.8. The van der Waals surface area contributed by atoms with Crippen LogP contribution in [0.1, 0.15) is 22.7 Å². The summed E-state index contributed by atoms with van der Waals surface area (Å²) in [7, 11) is 1.17. The fourth-order valence-corrected chi connectivity index (χ4v) is 1.98. The molecule has 2 rings (SSSR count). The number of carbonyl (C=O) groups excluding carboxylic acids is 1. The van der Waals surface area contributed by atoms with Gasteiger partial charge in [0.1, 0.15) is 18.1 Å². The molecule has 0 amide bonds. The zero-order valence-corrected chi connectivity index (χ0v) is 12.4. The minimum absolute atomic E-state index is 0.0345. The second-order valence-electron chi connectivity index (χ2n) is 4.25. The van der Waals surface area contributed by atoms with Crippen LogP contribution in [-0.2, 0) is 11.3 Å². The van der Waals surface area contributed by atoms with Crippen molar-refractivity contribution in [3.63, 3.8) is 0 Å². The third-order valence-corrected chi connectivity index (χ3v) is 3.13. The summed E-state index contributed by atoms with van der Waals surface area (Å²) in [4.78, 5) is 15.1. The first kappa shape index (κ1) is 16.2. The summed E-state index contributed by atoms with van der Waals surface area (Å²) < 4.78 is 36.9. The van der Waals surface area contributed by atoms with Crippen LogP contribution in [0.5, 0.6) is 5.75 Å². The van der Waals surface area contributed by atoms with Crippen LogP contribution in [0.25, 0.3) is 0 Å². The fraction of sp³-hybridized carbons (Fsp3) is 0.286. The highest BCUT2D eigenvalue weighted by Crippen LogP contribution is 2.20. The van der Waals surface area contributed by atoms with E-state index in [0.717, 1.165) is 10.8 Å². The summed E-state index contributed by atoms with van der Waals surface area (Å²) in [5.74, 6) is -0.686. The van der Waals surface area contributed by atoms with Crippen LogP contribution in [-0.4, -0.2) is 29.2 Å². The van der Waals surface area contributed by atoms with Gasteiger partial charge in [-0.1, -0.05) is 11.6 Å². The van der Waals surface area contributed by atoms with Crippen molar-refractivity contribution >= 4 is 17.6 Å². The molecule has 1 heterocycles. The number of halogens is 3. The number of carbonyl (C=O) groups is 1. The predicted molar refractivity (Wildman–Crippen MR) is 75.5 cm³/mol. The van der Waals surface area contributed by atoms with E-state index in [9.17, 15) is 13.6 Å². The van der Waals surface area contributed by atoms with Crippen LogP contribution in [0, 0.1) is 0 Å². The number of alkyl halides is 2. The molecule has 8 heteroatoms. The maximum atomic E-state index is 12.9. The van der Waals surface area contributed by atoms with E-state index in [1.807, 2.05) is 0 Å². The van der Waals surface area contributed by atoms with Crippen molar-refractivity contribution in [1.29, 1.82) is 0 Å². The van der Waals surface area contributed by atoms with Crippen LogP contribution >= 0.6 is 11.6 Å². The first-order valence-electron chi connectivity index (χ1n) is 6.33. The lowest BCUT2D eigenvalue weighted by atomic mass is 10.3. The number of methoxy groups -OCH3 is 1. The molecule has 0 bridgehead atoms. The highest BCUT2D eigenvalue weighted by Gasteiger charge is 2.22. The Kier molecular flexibility index (Phi) is 5.32. The number of ether oxygens (including phenoxy) is 2. The van der Waals surface area contributed by atoms with Crippen molar-refractivity contribution in [1.82, 2.24) is 9.55 Å². The third-order valence-electron chi connectivity index (χ3n) is 2.87. The SMILES string of the molecule is COC(=O)c1cnc(C(F)F)n1CCOc1ccc(Cl)cc1. The Bertz CT molecular complexity index is 644. The highest BCUT2D eigenvalue weighted by atomic mass is 35.5. The summed E-state index contributed by atoms with van der Waals surface area (Å²) in [5, 5.41) is 0.565. The topological polar surface area (TPSA) is 53.3 Å². The molecule has 0 radical (unpaired) electrons. The Labute approximate surface area is 130 Å². The van der Waals surface area contributed by atoms with Gasteiger partial charge in [-0.3, -0.25) is 0 Å². The Morgan fingerprint density at radius 1 is 1.36 bits per heavy atom. The minimum atomic E-state index is -2.80. The van der Waals surface area contributed by atoms with Gasteiger partial charge in [0.25, 0.3) is 6.43 Å². The fourth-order valence-electron chi connectivity index (χ4n) is 1.85. The quantitative estimate of drug-likeness (QED) is 0.762. The van der Waals surface area contributed by atoms with Crippen molar-refractivity contribution in [3.05, 3.63) is 47.0 Å². The average Bonchev–Trinajstić information content (AvgIpc) is 2.92. The van der Waals surface area contributed by atoms with Crippen molar-refractivity contribution in [3.8, 4) is 5.75 Å². The zero-order chi connectivity index (χ0) is 16.1. The van der Waals surface area contributed by atoms with Gasteiger partial charge < -0.3 is 14.0 Å². The maximum absolute atomic E-state index is 12.9. The van der Waals surface area contributed by atoms with Gasteiger partial charge in [0.15, 0.2) is 5.82 Å². The van der Waals surface area contributed by atoms with E-state index < -0.39 is 18.2 Å². The first-order chi connectivity index (χ1) is 10.5. The van der Waals surface area contributed by atoms with Crippen molar-refractivity contribution in [2.24, 2.45) is 0 Å². The van der Waals surface area contributed by atoms with Crippen molar-refractivity contribution < 1.29 is 23.0 Å². The Hall–Kier alpha value is -2.15. The number of aromatic nitrogens is 2. The monoisotopic (exact) mass is 330 g/mol. The second-order valence-corrected chi connectivity index (χ2v) is 4.68. The number of nitrogens with zero attached hydrogens (tertiary/aromatic N) is 2. The number of imidazole rings is 1. The van der Waals surface area contributed by atoms with Crippen molar-refractivity contribution in [2.75, 3.05) is 13.7 Å². The summed E-state index contributed by atoms with van der Waals surface area (Å²) in [6, 6.07) is 6.62. The van der Waals surface area contributed by atoms with E-state index in [1.165, 1.54) is 7.11 Å². The van der Waals surface area contributed by atoms with Gasteiger partial charge in [0, 0.05) is 5.02 Å². The zero-order valence-electron chi connectivity index (χ0n) is 11.6.